The molecule has 3 fully saturated rings. The molecule has 3 saturated heterocycles. The molecule has 2 aromatic carbocycles. The monoisotopic (exact) mass is 691 g/mol. The van der Waals surface area contributed by atoms with Gasteiger partial charge in [-0.15, -0.1) is 11.3 Å². The maximum atomic E-state index is 16.8. The van der Waals surface area contributed by atoms with Crippen LogP contribution >= 0.6 is 11.3 Å². The summed E-state index contributed by atoms with van der Waals surface area (Å²) in [5, 5.41) is -0.222. The van der Waals surface area contributed by atoms with Gasteiger partial charge in [0.1, 0.15) is 30.2 Å². The average molecular weight is 692 g/mol. The quantitative estimate of drug-likeness (QED) is 0.167. The molecule has 1 amide bonds. The van der Waals surface area contributed by atoms with Gasteiger partial charge < -0.3 is 20.1 Å². The summed E-state index contributed by atoms with van der Waals surface area (Å²) in [6.45, 7) is 6.44. The van der Waals surface area contributed by atoms with Crippen LogP contribution in [-0.4, -0.2) is 75.8 Å². The van der Waals surface area contributed by atoms with Crippen LogP contribution in [0.3, 0.4) is 0 Å². The van der Waals surface area contributed by atoms with Crippen molar-refractivity contribution < 1.29 is 40.6 Å². The van der Waals surface area contributed by atoms with Crippen LogP contribution in [0.25, 0.3) is 32.1 Å². The zero-order valence-electron chi connectivity index (χ0n) is 25.7. The van der Waals surface area contributed by atoms with Crippen LogP contribution in [-0.2, 0) is 11.0 Å². The number of fused-ring (bicyclic) bond motifs is 3. The van der Waals surface area contributed by atoms with Crippen molar-refractivity contribution in [1.29, 1.82) is 0 Å². The first kappa shape index (κ1) is 32.4. The number of thiophene rings is 1. The minimum absolute atomic E-state index is 0.0115. The van der Waals surface area contributed by atoms with Crippen molar-refractivity contribution >= 4 is 43.2 Å². The largest absolute Gasteiger partial charge is 0.471 e. The average Bonchev–Trinajstić information content (AvgIpc) is 3.78. The van der Waals surface area contributed by atoms with Crippen LogP contribution in [0.5, 0.6) is 11.9 Å². The highest BCUT2D eigenvalue weighted by atomic mass is 32.1. The van der Waals surface area contributed by atoms with Gasteiger partial charge in [-0.3, -0.25) is 9.69 Å². The summed E-state index contributed by atoms with van der Waals surface area (Å²) < 4.78 is 102. The number of hydrogen-bond donors (Lipinski definition) is 1. The van der Waals surface area contributed by atoms with Crippen molar-refractivity contribution in [1.82, 2.24) is 19.8 Å². The number of amides is 1. The maximum absolute atomic E-state index is 16.8. The van der Waals surface area contributed by atoms with E-state index >= 15 is 4.39 Å². The zero-order chi connectivity index (χ0) is 34.1. The number of aromatic nitrogens is 2. The number of halogens is 6. The summed E-state index contributed by atoms with van der Waals surface area (Å²) in [5.74, 6) is -2.77. The Kier molecular flexibility index (Phi) is 7.97. The van der Waals surface area contributed by atoms with Crippen LogP contribution in [0.4, 0.5) is 31.3 Å². The fourth-order valence-electron chi connectivity index (χ4n) is 7.44. The Morgan fingerprint density at radius 1 is 1.21 bits per heavy atom. The number of carbonyl (C=O) groups excluding carboxylic acids is 1. The lowest BCUT2D eigenvalue weighted by Crippen LogP contribution is -2.43. The molecule has 5 heterocycles. The summed E-state index contributed by atoms with van der Waals surface area (Å²) in [6.07, 6.45) is -3.63. The maximum Gasteiger partial charge on any atom is 0.417 e. The molecule has 254 valence electrons. The molecule has 0 saturated carbocycles. The van der Waals surface area contributed by atoms with Gasteiger partial charge in [0.2, 0.25) is 11.8 Å². The van der Waals surface area contributed by atoms with Crippen molar-refractivity contribution in [3.8, 4) is 23.0 Å². The van der Waals surface area contributed by atoms with Gasteiger partial charge in [0, 0.05) is 36.9 Å². The van der Waals surface area contributed by atoms with Crippen molar-refractivity contribution in [3.63, 3.8) is 0 Å². The number of nitrogens with zero attached hydrogens (tertiary/aromatic N) is 4. The fourth-order valence-corrected chi connectivity index (χ4v) is 8.29. The second-order valence-corrected chi connectivity index (χ2v) is 13.7. The minimum atomic E-state index is -5.07. The third kappa shape index (κ3) is 5.40. The van der Waals surface area contributed by atoms with Crippen molar-refractivity contribution in [2.24, 2.45) is 0 Å². The third-order valence-corrected chi connectivity index (χ3v) is 10.7. The van der Waals surface area contributed by atoms with Crippen LogP contribution in [0, 0.1) is 11.6 Å². The highest BCUT2D eigenvalue weighted by molar-refractivity contribution is 7.22. The predicted molar refractivity (Wildman–Crippen MR) is 169 cm³/mol. The number of nitrogen functional groups attached to an aromatic ring is 1. The Bertz CT molecular complexity index is 1950. The Morgan fingerprint density at radius 3 is 2.75 bits per heavy atom. The number of carbonyl (C=O) groups is 1. The molecular weight excluding hydrogens is 660 g/mol. The van der Waals surface area contributed by atoms with Gasteiger partial charge in [0.25, 0.3) is 0 Å². The van der Waals surface area contributed by atoms with Gasteiger partial charge in [-0.25, -0.2) is 13.2 Å². The molecule has 0 bridgehead atoms. The molecule has 0 spiro atoms. The van der Waals surface area contributed by atoms with Crippen LogP contribution in [0.1, 0.15) is 38.2 Å². The van der Waals surface area contributed by atoms with Gasteiger partial charge >= 0.3 is 12.2 Å². The summed E-state index contributed by atoms with van der Waals surface area (Å²) in [5.41, 5.74) is 2.33. The van der Waals surface area contributed by atoms with Gasteiger partial charge in [0.15, 0.2) is 5.82 Å². The Morgan fingerprint density at radius 2 is 2.00 bits per heavy atom. The summed E-state index contributed by atoms with van der Waals surface area (Å²) >= 11 is 0.831. The molecule has 3 aliphatic rings. The molecule has 4 atom stereocenters. The van der Waals surface area contributed by atoms with E-state index in [1.165, 1.54) is 11.0 Å². The Labute approximate surface area is 275 Å². The number of likely N-dealkylation sites (tertiary alicyclic amines) is 1. The molecule has 0 aliphatic carbocycles. The summed E-state index contributed by atoms with van der Waals surface area (Å²) in [4.78, 5) is 24.4. The molecule has 0 unspecified atom stereocenters. The predicted octanol–water partition coefficient (Wildman–Crippen LogP) is 6.90. The third-order valence-electron chi connectivity index (χ3n) is 9.74. The van der Waals surface area contributed by atoms with E-state index in [-0.39, 0.29) is 63.4 Å². The minimum Gasteiger partial charge on any atom is -0.471 e. The molecular formula is C33H31F6N5O3S. The van der Waals surface area contributed by atoms with Crippen LogP contribution in [0.15, 0.2) is 36.9 Å². The fraction of sp³-hybridized carbons (Fsp3) is 0.424. The topological polar surface area (TPSA) is 93.8 Å². The van der Waals surface area contributed by atoms with E-state index in [2.05, 4.69) is 16.5 Å². The molecule has 0 radical (unpaired) electrons. The van der Waals surface area contributed by atoms with Crippen molar-refractivity contribution in [3.05, 3.63) is 54.1 Å². The highest BCUT2D eigenvalue weighted by Gasteiger charge is 2.49. The molecule has 3 aliphatic heterocycles. The van der Waals surface area contributed by atoms with E-state index < -0.39 is 58.3 Å². The van der Waals surface area contributed by atoms with Gasteiger partial charge in [-0.1, -0.05) is 12.6 Å². The zero-order valence-corrected chi connectivity index (χ0v) is 26.6. The van der Waals surface area contributed by atoms with E-state index in [0.717, 1.165) is 36.0 Å². The van der Waals surface area contributed by atoms with Crippen LogP contribution < -0.4 is 15.2 Å². The number of ether oxygens (including phenoxy) is 2. The molecule has 15 heteroatoms. The summed E-state index contributed by atoms with van der Waals surface area (Å²) in [6, 6.07) is 3.18. The van der Waals surface area contributed by atoms with Gasteiger partial charge in [0.05, 0.1) is 32.2 Å². The van der Waals surface area contributed by atoms with E-state index in [0.29, 0.717) is 32.0 Å². The smallest absolute Gasteiger partial charge is 0.417 e. The first-order valence-electron chi connectivity index (χ1n) is 15.5. The number of alkyl halides is 4. The first-order chi connectivity index (χ1) is 22.8. The first-order valence-corrected chi connectivity index (χ1v) is 16.3. The molecule has 4 aromatic rings. The van der Waals surface area contributed by atoms with Crippen molar-refractivity contribution in [2.45, 2.75) is 62.6 Å². The Hall–Kier alpha value is -4.11. The van der Waals surface area contributed by atoms with Crippen molar-refractivity contribution in [2.75, 3.05) is 32.0 Å². The number of hydrogen-bond acceptors (Lipinski definition) is 8. The van der Waals surface area contributed by atoms with Gasteiger partial charge in [-0.05, 0) is 56.1 Å². The van der Waals surface area contributed by atoms with E-state index in [1.54, 1.807) is 6.92 Å². The Balaban J connectivity index is 1.39. The number of rotatable bonds is 7. The lowest BCUT2D eigenvalue weighted by molar-refractivity contribution is -0.137. The standard InChI is InChI=1S/C33H31F6N5O3S/c1-3-25(45)44-10-7-23(16(44)2)47-30-20-11-21(33(37,38)39)26(18-5-6-22(35)29-19(18)12-24(40)48-29)27(36)28(20)41-31(42-30)46-15-32-8-4-9-43(32)14-17(34)13-32/h3,5-6,11-12,16-17,23H,1,4,7-10,13-15,40H2,2H3/t16-,17-,23-,32+/m1/s1. The molecule has 2 aromatic heterocycles. The van der Waals surface area contributed by atoms with E-state index in [9.17, 15) is 26.7 Å². The summed E-state index contributed by atoms with van der Waals surface area (Å²) in [7, 11) is 0. The van der Waals surface area contributed by atoms with E-state index in [4.69, 9.17) is 15.2 Å². The SMILES string of the molecule is C=CC(=O)N1CC[C@@H](Oc2nc(OC[C@@]34CCCN3C[C@H](F)C4)nc3c(F)c(-c4ccc(F)c5sc(N)cc45)c(C(F)(F)F)cc23)[C@H]1C. The second kappa shape index (κ2) is 11.8. The molecule has 2 N–H and O–H groups in total. The lowest BCUT2D eigenvalue weighted by atomic mass is 9.94. The number of anilines is 1. The number of nitrogens with two attached hydrogens (primary N) is 1. The van der Waals surface area contributed by atoms with Crippen LogP contribution in [0.2, 0.25) is 0 Å². The highest BCUT2D eigenvalue weighted by Crippen LogP contribution is 2.47. The molecule has 48 heavy (non-hydrogen) atoms. The second-order valence-electron chi connectivity index (χ2n) is 12.6. The van der Waals surface area contributed by atoms with Gasteiger partial charge in [-0.2, -0.15) is 23.1 Å². The molecule has 8 nitrogen and oxygen atoms in total. The number of benzene rings is 2. The van der Waals surface area contributed by atoms with E-state index in [1.807, 2.05) is 4.90 Å². The molecule has 7 rings (SSSR count). The normalized spacial score (nSPS) is 24.5. The lowest BCUT2D eigenvalue weighted by Gasteiger charge is -2.31.